The van der Waals surface area contributed by atoms with Crippen molar-refractivity contribution >= 4 is 29.9 Å². The summed E-state index contributed by atoms with van der Waals surface area (Å²) in [5.41, 5.74) is 4.53. The standard InChI is InChI=1S/C25H32N6O2.HI/c1-26-25(27-17-20-5-3-4-6-21(20)19-30-13-15-33-16-14-30)28-18-22-11-12-31(29-22)23-7-9-24(32-2)10-8-23;/h3-12H,13-19H2,1-2H3,(H2,26,27,28);1H. The first-order chi connectivity index (χ1) is 16.2. The number of nitrogens with one attached hydrogen (secondary N) is 2. The van der Waals surface area contributed by atoms with E-state index in [4.69, 9.17) is 9.47 Å². The van der Waals surface area contributed by atoms with Gasteiger partial charge in [0.05, 0.1) is 38.2 Å². The van der Waals surface area contributed by atoms with Crippen LogP contribution in [0.2, 0.25) is 0 Å². The van der Waals surface area contributed by atoms with Gasteiger partial charge in [0.1, 0.15) is 5.75 Å². The Morgan fingerprint density at radius 2 is 1.71 bits per heavy atom. The van der Waals surface area contributed by atoms with Gasteiger partial charge in [-0.3, -0.25) is 9.89 Å². The van der Waals surface area contributed by atoms with Gasteiger partial charge in [-0.1, -0.05) is 24.3 Å². The van der Waals surface area contributed by atoms with E-state index in [1.54, 1.807) is 14.2 Å². The second-order valence-electron chi connectivity index (χ2n) is 7.89. The monoisotopic (exact) mass is 576 g/mol. The average Bonchev–Trinajstić information content (AvgIpc) is 3.35. The Morgan fingerprint density at radius 1 is 1.00 bits per heavy atom. The van der Waals surface area contributed by atoms with E-state index in [0.717, 1.165) is 55.9 Å². The molecule has 0 radical (unpaired) electrons. The Labute approximate surface area is 218 Å². The molecule has 0 amide bonds. The van der Waals surface area contributed by atoms with Crippen LogP contribution in [0.15, 0.2) is 65.8 Å². The van der Waals surface area contributed by atoms with Crippen LogP contribution in [0.3, 0.4) is 0 Å². The molecule has 2 N–H and O–H groups in total. The number of benzene rings is 2. The summed E-state index contributed by atoms with van der Waals surface area (Å²) < 4.78 is 12.5. The third-order valence-corrected chi connectivity index (χ3v) is 5.70. The maximum absolute atomic E-state index is 5.47. The number of halogens is 1. The number of aromatic nitrogens is 2. The van der Waals surface area contributed by atoms with Crippen molar-refractivity contribution in [2.75, 3.05) is 40.5 Å². The van der Waals surface area contributed by atoms with E-state index in [1.165, 1.54) is 11.1 Å². The molecule has 4 rings (SSSR count). The van der Waals surface area contributed by atoms with E-state index in [-0.39, 0.29) is 24.0 Å². The molecule has 9 heteroatoms. The Kier molecular flexibility index (Phi) is 10.2. The van der Waals surface area contributed by atoms with Crippen molar-refractivity contribution in [3.8, 4) is 11.4 Å². The number of guanidine groups is 1. The van der Waals surface area contributed by atoms with Crippen LogP contribution in [0.1, 0.15) is 16.8 Å². The highest BCUT2D eigenvalue weighted by atomic mass is 127. The molecule has 1 aromatic heterocycles. The zero-order valence-corrected chi connectivity index (χ0v) is 22.1. The fourth-order valence-corrected chi connectivity index (χ4v) is 3.79. The van der Waals surface area contributed by atoms with Gasteiger partial charge in [0.2, 0.25) is 0 Å². The minimum absolute atomic E-state index is 0. The predicted octanol–water partition coefficient (Wildman–Crippen LogP) is 3.20. The molecule has 0 unspecified atom stereocenters. The molecule has 3 aromatic rings. The molecular formula is C25H33IN6O2. The lowest BCUT2D eigenvalue weighted by Crippen LogP contribution is -2.37. The van der Waals surface area contributed by atoms with E-state index < -0.39 is 0 Å². The van der Waals surface area contributed by atoms with E-state index in [0.29, 0.717) is 13.1 Å². The van der Waals surface area contributed by atoms with Crippen molar-refractivity contribution in [2.24, 2.45) is 4.99 Å². The number of morpholine rings is 1. The average molecular weight is 576 g/mol. The highest BCUT2D eigenvalue weighted by molar-refractivity contribution is 14.0. The van der Waals surface area contributed by atoms with Gasteiger partial charge in [0, 0.05) is 39.4 Å². The lowest BCUT2D eigenvalue weighted by molar-refractivity contribution is 0.0341. The fourth-order valence-electron chi connectivity index (χ4n) is 3.79. The third kappa shape index (κ3) is 7.18. The summed E-state index contributed by atoms with van der Waals surface area (Å²) in [6.45, 7) is 5.81. The first kappa shape index (κ1) is 26.0. The molecule has 0 atom stereocenters. The summed E-state index contributed by atoms with van der Waals surface area (Å²) in [4.78, 5) is 6.81. The van der Waals surface area contributed by atoms with E-state index in [2.05, 4.69) is 49.9 Å². The number of nitrogens with zero attached hydrogens (tertiary/aromatic N) is 4. The molecular weight excluding hydrogens is 543 g/mol. The molecule has 1 aliphatic heterocycles. The topological polar surface area (TPSA) is 75.9 Å². The SMILES string of the molecule is CN=C(NCc1ccn(-c2ccc(OC)cc2)n1)NCc1ccccc1CN1CCOCC1.I. The minimum Gasteiger partial charge on any atom is -0.497 e. The van der Waals surface area contributed by atoms with Gasteiger partial charge in [-0.25, -0.2) is 4.68 Å². The van der Waals surface area contributed by atoms with Gasteiger partial charge < -0.3 is 20.1 Å². The minimum atomic E-state index is 0. The zero-order chi connectivity index (χ0) is 22.9. The van der Waals surface area contributed by atoms with Crippen molar-refractivity contribution in [2.45, 2.75) is 19.6 Å². The summed E-state index contributed by atoms with van der Waals surface area (Å²) in [5, 5.41) is 11.4. The van der Waals surface area contributed by atoms with Crippen LogP contribution in [0.4, 0.5) is 0 Å². The van der Waals surface area contributed by atoms with Crippen molar-refractivity contribution in [1.82, 2.24) is 25.3 Å². The van der Waals surface area contributed by atoms with Crippen molar-refractivity contribution in [1.29, 1.82) is 0 Å². The van der Waals surface area contributed by atoms with Crippen LogP contribution in [-0.4, -0.2) is 61.1 Å². The molecule has 1 saturated heterocycles. The number of rotatable bonds is 8. The van der Waals surface area contributed by atoms with Gasteiger partial charge in [0.25, 0.3) is 0 Å². The van der Waals surface area contributed by atoms with Crippen molar-refractivity contribution in [3.63, 3.8) is 0 Å². The largest absolute Gasteiger partial charge is 0.497 e. The predicted molar refractivity (Wildman–Crippen MR) is 145 cm³/mol. The quantitative estimate of drug-likeness (QED) is 0.244. The summed E-state index contributed by atoms with van der Waals surface area (Å²) >= 11 is 0. The zero-order valence-electron chi connectivity index (χ0n) is 19.7. The molecule has 0 saturated carbocycles. The van der Waals surface area contributed by atoms with Crippen molar-refractivity contribution in [3.05, 3.63) is 77.6 Å². The van der Waals surface area contributed by atoms with Gasteiger partial charge >= 0.3 is 0 Å². The Balaban J connectivity index is 0.00000324. The molecule has 2 aromatic carbocycles. The van der Waals surface area contributed by atoms with Crippen LogP contribution in [-0.2, 0) is 24.4 Å². The number of hydrogen-bond acceptors (Lipinski definition) is 5. The molecule has 8 nitrogen and oxygen atoms in total. The Hall–Kier alpha value is -2.63. The van der Waals surface area contributed by atoms with Crippen LogP contribution < -0.4 is 15.4 Å². The molecule has 0 spiro atoms. The lowest BCUT2D eigenvalue weighted by Gasteiger charge is -2.27. The molecule has 1 fully saturated rings. The van der Waals surface area contributed by atoms with E-state index >= 15 is 0 Å². The maximum atomic E-state index is 5.47. The first-order valence-electron chi connectivity index (χ1n) is 11.3. The van der Waals surface area contributed by atoms with Crippen LogP contribution in [0.5, 0.6) is 5.75 Å². The highest BCUT2D eigenvalue weighted by Gasteiger charge is 2.13. The normalized spacial score (nSPS) is 14.4. The fraction of sp³-hybridized carbons (Fsp3) is 0.360. The first-order valence-corrected chi connectivity index (χ1v) is 11.3. The van der Waals surface area contributed by atoms with Gasteiger partial charge in [0.15, 0.2) is 5.96 Å². The van der Waals surface area contributed by atoms with E-state index in [1.807, 2.05) is 41.2 Å². The number of ether oxygens (including phenoxy) is 2. The lowest BCUT2D eigenvalue weighted by atomic mass is 10.1. The second kappa shape index (κ2) is 13.3. The van der Waals surface area contributed by atoms with Gasteiger partial charge in [-0.2, -0.15) is 5.10 Å². The summed E-state index contributed by atoms with van der Waals surface area (Å²) in [6, 6.07) is 18.4. The summed E-state index contributed by atoms with van der Waals surface area (Å²) in [7, 11) is 3.45. The van der Waals surface area contributed by atoms with Gasteiger partial charge in [-0.05, 0) is 41.5 Å². The van der Waals surface area contributed by atoms with Crippen LogP contribution in [0.25, 0.3) is 5.69 Å². The molecule has 1 aliphatic rings. The molecule has 0 bridgehead atoms. The Morgan fingerprint density at radius 3 is 2.41 bits per heavy atom. The summed E-state index contributed by atoms with van der Waals surface area (Å²) in [5.74, 6) is 1.57. The molecule has 0 aliphatic carbocycles. The van der Waals surface area contributed by atoms with Crippen LogP contribution >= 0.6 is 24.0 Å². The number of hydrogen-bond donors (Lipinski definition) is 2. The molecule has 182 valence electrons. The molecule has 2 heterocycles. The Bertz CT molecular complexity index is 1050. The highest BCUT2D eigenvalue weighted by Crippen LogP contribution is 2.15. The van der Waals surface area contributed by atoms with Crippen molar-refractivity contribution < 1.29 is 9.47 Å². The second-order valence-corrected chi connectivity index (χ2v) is 7.89. The smallest absolute Gasteiger partial charge is 0.191 e. The van der Waals surface area contributed by atoms with Crippen LogP contribution in [0, 0.1) is 0 Å². The third-order valence-electron chi connectivity index (χ3n) is 5.70. The molecule has 34 heavy (non-hydrogen) atoms. The van der Waals surface area contributed by atoms with Gasteiger partial charge in [-0.15, -0.1) is 24.0 Å². The van der Waals surface area contributed by atoms with E-state index in [9.17, 15) is 0 Å². The number of methoxy groups -OCH3 is 1. The number of aliphatic imine (C=N–C) groups is 1. The summed E-state index contributed by atoms with van der Waals surface area (Å²) in [6.07, 6.45) is 1.96. The maximum Gasteiger partial charge on any atom is 0.191 e.